The molecule has 0 amide bonds. The Morgan fingerprint density at radius 3 is 2.00 bits per heavy atom. The predicted molar refractivity (Wildman–Crippen MR) is 95.6 cm³/mol. The fourth-order valence-corrected chi connectivity index (χ4v) is 2.46. The number of ether oxygens (including phenoxy) is 1. The van der Waals surface area contributed by atoms with Gasteiger partial charge in [-0.1, -0.05) is 60.7 Å². The number of aromatic nitrogens is 3. The molecule has 0 aliphatic rings. The zero-order chi connectivity index (χ0) is 17.6. The summed E-state index contributed by atoms with van der Waals surface area (Å²) < 4.78 is 5.17. The molecule has 0 unspecified atom stereocenters. The van der Waals surface area contributed by atoms with Crippen molar-refractivity contribution < 1.29 is 9.53 Å². The summed E-state index contributed by atoms with van der Waals surface area (Å²) in [6.45, 7) is 3.62. The van der Waals surface area contributed by atoms with Crippen LogP contribution in [0.5, 0.6) is 0 Å². The van der Waals surface area contributed by atoms with E-state index in [9.17, 15) is 4.79 Å². The molecule has 1 aromatic heterocycles. The first kappa shape index (κ1) is 16.8. The number of rotatable bonds is 5. The zero-order valence-corrected chi connectivity index (χ0v) is 14.2. The highest BCUT2D eigenvalue weighted by Gasteiger charge is 2.16. The van der Waals surface area contributed by atoms with Crippen LogP contribution in [-0.2, 0) is 16.0 Å². The van der Waals surface area contributed by atoms with Gasteiger partial charge >= 0.3 is 5.97 Å². The van der Waals surface area contributed by atoms with Gasteiger partial charge in [-0.3, -0.25) is 4.79 Å². The number of benzene rings is 2. The molecule has 0 fully saturated rings. The van der Waals surface area contributed by atoms with E-state index in [1.54, 1.807) is 0 Å². The number of carbonyl (C=O) groups excluding carboxylic acids is 1. The maximum atomic E-state index is 11.9. The third kappa shape index (κ3) is 4.26. The lowest BCUT2D eigenvalue weighted by Crippen LogP contribution is -2.16. The van der Waals surface area contributed by atoms with Crippen LogP contribution in [0.25, 0.3) is 22.5 Å². The summed E-state index contributed by atoms with van der Waals surface area (Å²) >= 11 is 0. The summed E-state index contributed by atoms with van der Waals surface area (Å²) in [5.74, 6) is -0.00698. The molecule has 0 spiro atoms. The van der Waals surface area contributed by atoms with Gasteiger partial charge in [0.05, 0.1) is 6.10 Å². The van der Waals surface area contributed by atoms with Crippen molar-refractivity contribution in [1.29, 1.82) is 0 Å². The first-order chi connectivity index (χ1) is 12.1. The lowest BCUT2D eigenvalue weighted by Gasteiger charge is -2.10. The first-order valence-electron chi connectivity index (χ1n) is 8.17. The Morgan fingerprint density at radius 1 is 0.880 bits per heavy atom. The van der Waals surface area contributed by atoms with Crippen LogP contribution >= 0.6 is 0 Å². The predicted octanol–water partition coefficient (Wildman–Crippen LogP) is 3.70. The number of nitrogens with zero attached hydrogens (tertiary/aromatic N) is 3. The number of esters is 1. The van der Waals surface area contributed by atoms with Crippen LogP contribution < -0.4 is 0 Å². The van der Waals surface area contributed by atoms with Crippen molar-refractivity contribution in [2.75, 3.05) is 0 Å². The smallest absolute Gasteiger partial charge is 0.313 e. The van der Waals surface area contributed by atoms with Gasteiger partial charge in [-0.25, -0.2) is 4.98 Å². The Kier molecular flexibility index (Phi) is 5.14. The molecule has 1 heterocycles. The van der Waals surface area contributed by atoms with Crippen LogP contribution in [0.3, 0.4) is 0 Å². The van der Waals surface area contributed by atoms with Crippen LogP contribution in [-0.4, -0.2) is 27.3 Å². The molecule has 3 aromatic rings. The Morgan fingerprint density at radius 2 is 1.44 bits per heavy atom. The molecular formula is C20H19N3O2. The molecule has 5 heteroatoms. The molecule has 0 atom stereocenters. The summed E-state index contributed by atoms with van der Waals surface area (Å²) in [5.41, 5.74) is 3.24. The molecule has 0 bridgehead atoms. The largest absolute Gasteiger partial charge is 0.463 e. The van der Waals surface area contributed by atoms with Crippen molar-refractivity contribution in [1.82, 2.24) is 15.2 Å². The summed E-state index contributed by atoms with van der Waals surface area (Å²) in [5, 5.41) is 8.46. The minimum Gasteiger partial charge on any atom is -0.463 e. The highest BCUT2D eigenvalue weighted by Crippen LogP contribution is 2.28. The molecule has 0 aliphatic heterocycles. The van der Waals surface area contributed by atoms with Gasteiger partial charge in [-0.2, -0.15) is 0 Å². The molecule has 5 nitrogen and oxygen atoms in total. The Bertz CT molecular complexity index is 849. The maximum absolute atomic E-state index is 11.9. The van der Waals surface area contributed by atoms with E-state index in [1.165, 1.54) is 0 Å². The van der Waals surface area contributed by atoms with Crippen LogP contribution in [0.15, 0.2) is 60.7 Å². The van der Waals surface area contributed by atoms with Crippen molar-refractivity contribution in [2.24, 2.45) is 0 Å². The van der Waals surface area contributed by atoms with E-state index in [0.29, 0.717) is 17.2 Å². The second-order valence-electron chi connectivity index (χ2n) is 5.87. The molecule has 0 aliphatic carbocycles. The monoisotopic (exact) mass is 333 g/mol. The van der Waals surface area contributed by atoms with Gasteiger partial charge in [0.1, 0.15) is 17.8 Å². The second kappa shape index (κ2) is 7.66. The molecule has 3 rings (SSSR count). The summed E-state index contributed by atoms with van der Waals surface area (Å²) in [4.78, 5) is 16.5. The Hall–Kier alpha value is -3.08. The van der Waals surface area contributed by atoms with Gasteiger partial charge in [-0.15, -0.1) is 10.2 Å². The Labute approximate surface area is 146 Å². The number of hydrogen-bond donors (Lipinski definition) is 0. The minimum absolute atomic E-state index is 0.0000826. The van der Waals surface area contributed by atoms with E-state index in [2.05, 4.69) is 15.2 Å². The molecule has 126 valence electrons. The first-order valence-corrected chi connectivity index (χ1v) is 8.17. The SMILES string of the molecule is CC(C)OC(=O)Cc1nnc(-c2ccccc2)c(-c2ccccc2)n1. The van der Waals surface area contributed by atoms with E-state index in [-0.39, 0.29) is 18.5 Å². The average Bonchev–Trinajstić information content (AvgIpc) is 2.62. The number of carbonyl (C=O) groups is 1. The third-order valence-electron chi connectivity index (χ3n) is 3.49. The normalized spacial score (nSPS) is 10.7. The fraction of sp³-hybridized carbons (Fsp3) is 0.200. The lowest BCUT2D eigenvalue weighted by atomic mass is 10.0. The lowest BCUT2D eigenvalue weighted by molar-refractivity contribution is -0.146. The van der Waals surface area contributed by atoms with Crippen LogP contribution in [0, 0.1) is 0 Å². The quantitative estimate of drug-likeness (QED) is 0.666. The minimum atomic E-state index is -0.358. The fourth-order valence-electron chi connectivity index (χ4n) is 2.46. The van der Waals surface area contributed by atoms with E-state index < -0.39 is 0 Å². The van der Waals surface area contributed by atoms with Crippen molar-refractivity contribution >= 4 is 5.97 Å². The topological polar surface area (TPSA) is 65.0 Å². The molecule has 0 radical (unpaired) electrons. The standard InChI is InChI=1S/C20H19N3O2/c1-14(2)25-18(24)13-17-21-19(15-9-5-3-6-10-15)20(23-22-17)16-11-7-4-8-12-16/h3-12,14H,13H2,1-2H3. The van der Waals surface area contributed by atoms with E-state index in [0.717, 1.165) is 11.1 Å². The molecular weight excluding hydrogens is 314 g/mol. The maximum Gasteiger partial charge on any atom is 0.313 e. The average molecular weight is 333 g/mol. The third-order valence-corrected chi connectivity index (χ3v) is 3.49. The highest BCUT2D eigenvalue weighted by molar-refractivity contribution is 5.78. The van der Waals surface area contributed by atoms with Gasteiger partial charge in [0.2, 0.25) is 0 Å². The van der Waals surface area contributed by atoms with E-state index >= 15 is 0 Å². The zero-order valence-electron chi connectivity index (χ0n) is 14.2. The molecule has 25 heavy (non-hydrogen) atoms. The van der Waals surface area contributed by atoms with Gasteiger partial charge in [-0.05, 0) is 13.8 Å². The molecule has 0 saturated heterocycles. The van der Waals surface area contributed by atoms with Crippen molar-refractivity contribution in [2.45, 2.75) is 26.4 Å². The van der Waals surface area contributed by atoms with E-state index in [1.807, 2.05) is 74.5 Å². The summed E-state index contributed by atoms with van der Waals surface area (Å²) in [7, 11) is 0. The van der Waals surface area contributed by atoms with Gasteiger partial charge in [0, 0.05) is 11.1 Å². The second-order valence-corrected chi connectivity index (χ2v) is 5.87. The molecule has 0 N–H and O–H groups in total. The number of hydrogen-bond acceptors (Lipinski definition) is 5. The van der Waals surface area contributed by atoms with Gasteiger partial charge < -0.3 is 4.74 Å². The molecule has 0 saturated carbocycles. The summed E-state index contributed by atoms with van der Waals surface area (Å²) in [6.07, 6.45) is -0.169. The van der Waals surface area contributed by atoms with Gasteiger partial charge in [0.15, 0.2) is 5.82 Å². The molecule has 2 aromatic carbocycles. The Balaban J connectivity index is 2.01. The van der Waals surface area contributed by atoms with Crippen molar-refractivity contribution in [3.05, 3.63) is 66.5 Å². The van der Waals surface area contributed by atoms with Crippen LogP contribution in [0.4, 0.5) is 0 Å². The van der Waals surface area contributed by atoms with Gasteiger partial charge in [0.25, 0.3) is 0 Å². The highest BCUT2D eigenvalue weighted by atomic mass is 16.5. The summed E-state index contributed by atoms with van der Waals surface area (Å²) in [6, 6.07) is 19.5. The van der Waals surface area contributed by atoms with Crippen LogP contribution in [0.1, 0.15) is 19.7 Å². The van der Waals surface area contributed by atoms with E-state index in [4.69, 9.17) is 4.74 Å². The van der Waals surface area contributed by atoms with Crippen LogP contribution in [0.2, 0.25) is 0 Å². The van der Waals surface area contributed by atoms with Crippen molar-refractivity contribution in [3.8, 4) is 22.5 Å². The van der Waals surface area contributed by atoms with Crippen molar-refractivity contribution in [3.63, 3.8) is 0 Å².